The number of hydrogen-bond donors (Lipinski definition) is 1. The lowest BCUT2D eigenvalue weighted by atomic mass is 9.93. The largest absolute Gasteiger partial charge is 0.493 e. The molecule has 1 aromatic heterocycles. The fourth-order valence-electron chi connectivity index (χ4n) is 2.54. The second-order valence-electron chi connectivity index (χ2n) is 4.82. The number of para-hydroxylation sites is 1. The summed E-state index contributed by atoms with van der Waals surface area (Å²) in [4.78, 5) is 11.8. The van der Waals surface area contributed by atoms with Crippen molar-refractivity contribution in [1.82, 2.24) is 4.57 Å². The van der Waals surface area contributed by atoms with Crippen LogP contribution in [0.25, 0.3) is 0 Å². The van der Waals surface area contributed by atoms with Crippen LogP contribution in [0.4, 0.5) is 5.69 Å². The van der Waals surface area contributed by atoms with E-state index in [2.05, 4.69) is 6.07 Å². The number of hydrogen-bond acceptors (Lipinski definition) is 3. The van der Waals surface area contributed by atoms with Gasteiger partial charge in [-0.2, -0.15) is 0 Å². The Hall–Kier alpha value is -2.23. The maximum Gasteiger partial charge on any atom is 0.250 e. The van der Waals surface area contributed by atoms with Crippen molar-refractivity contribution in [3.8, 4) is 5.75 Å². The van der Waals surface area contributed by atoms with Crippen LogP contribution < -0.4 is 16.0 Å². The number of ether oxygens (including phenoxy) is 1. The van der Waals surface area contributed by atoms with Crippen LogP contribution in [-0.2, 0) is 6.54 Å². The van der Waals surface area contributed by atoms with Crippen LogP contribution in [-0.4, -0.2) is 11.2 Å². The highest BCUT2D eigenvalue weighted by atomic mass is 16.5. The average Bonchev–Trinajstić information content (AvgIpc) is 2.43. The summed E-state index contributed by atoms with van der Waals surface area (Å²) in [6.45, 7) is 1.34. The third-order valence-electron chi connectivity index (χ3n) is 3.51. The van der Waals surface area contributed by atoms with Gasteiger partial charge in [0.2, 0.25) is 0 Å². The molecule has 0 saturated carbocycles. The standard InChI is InChI=1S/C15H16N2O2/c16-12-5-6-15(18)17(10-12)9-11-7-8-19-14-4-2-1-3-13(11)14/h1-6,10-11H,7-9,16H2. The topological polar surface area (TPSA) is 57.2 Å². The molecule has 1 aliphatic heterocycles. The van der Waals surface area contributed by atoms with Crippen molar-refractivity contribution >= 4 is 5.69 Å². The van der Waals surface area contributed by atoms with E-state index >= 15 is 0 Å². The van der Waals surface area contributed by atoms with Crippen LogP contribution in [0, 0.1) is 0 Å². The van der Waals surface area contributed by atoms with Gasteiger partial charge in [-0.05, 0) is 24.1 Å². The second kappa shape index (κ2) is 4.80. The van der Waals surface area contributed by atoms with Crippen molar-refractivity contribution in [2.75, 3.05) is 12.3 Å². The number of rotatable bonds is 2. The van der Waals surface area contributed by atoms with Gasteiger partial charge in [0.05, 0.1) is 6.61 Å². The smallest absolute Gasteiger partial charge is 0.250 e. The minimum atomic E-state index is -0.0156. The highest BCUT2D eigenvalue weighted by Crippen LogP contribution is 2.34. The molecule has 1 aromatic carbocycles. The highest BCUT2D eigenvalue weighted by Gasteiger charge is 2.21. The zero-order valence-electron chi connectivity index (χ0n) is 10.6. The fourth-order valence-corrected chi connectivity index (χ4v) is 2.54. The molecule has 19 heavy (non-hydrogen) atoms. The monoisotopic (exact) mass is 256 g/mol. The van der Waals surface area contributed by atoms with Crippen molar-refractivity contribution in [3.63, 3.8) is 0 Å². The summed E-state index contributed by atoms with van der Waals surface area (Å²) in [5.74, 6) is 1.22. The van der Waals surface area contributed by atoms with Crippen LogP contribution in [0.15, 0.2) is 47.4 Å². The van der Waals surface area contributed by atoms with Crippen LogP contribution in [0.2, 0.25) is 0 Å². The van der Waals surface area contributed by atoms with E-state index in [9.17, 15) is 4.79 Å². The third kappa shape index (κ3) is 2.34. The Morgan fingerprint density at radius 2 is 2.11 bits per heavy atom. The molecule has 0 radical (unpaired) electrons. The number of nitrogens with two attached hydrogens (primary N) is 1. The zero-order valence-corrected chi connectivity index (χ0v) is 10.6. The van der Waals surface area contributed by atoms with Crippen LogP contribution in [0.1, 0.15) is 17.9 Å². The van der Waals surface area contributed by atoms with Gasteiger partial charge in [-0.1, -0.05) is 18.2 Å². The molecular weight excluding hydrogens is 240 g/mol. The van der Waals surface area contributed by atoms with Gasteiger partial charge >= 0.3 is 0 Å². The fraction of sp³-hybridized carbons (Fsp3) is 0.267. The lowest BCUT2D eigenvalue weighted by Crippen LogP contribution is -2.25. The van der Waals surface area contributed by atoms with Crippen LogP contribution >= 0.6 is 0 Å². The van der Waals surface area contributed by atoms with E-state index in [0.29, 0.717) is 24.8 Å². The molecule has 0 spiro atoms. The molecule has 2 N–H and O–H groups in total. The number of pyridine rings is 1. The Bertz CT molecular complexity index is 649. The molecule has 0 fully saturated rings. The van der Waals surface area contributed by atoms with Crippen molar-refractivity contribution < 1.29 is 4.74 Å². The van der Waals surface area contributed by atoms with Gasteiger partial charge in [0.1, 0.15) is 5.75 Å². The highest BCUT2D eigenvalue weighted by molar-refractivity contribution is 5.38. The predicted molar refractivity (Wildman–Crippen MR) is 74.4 cm³/mol. The molecule has 0 bridgehead atoms. The first kappa shape index (κ1) is 11.8. The number of aromatic nitrogens is 1. The Morgan fingerprint density at radius 3 is 3.00 bits per heavy atom. The van der Waals surface area contributed by atoms with Crippen molar-refractivity contribution in [3.05, 3.63) is 58.5 Å². The van der Waals surface area contributed by atoms with Crippen molar-refractivity contribution in [1.29, 1.82) is 0 Å². The van der Waals surface area contributed by atoms with E-state index in [4.69, 9.17) is 10.5 Å². The van der Waals surface area contributed by atoms with Crippen molar-refractivity contribution in [2.24, 2.45) is 0 Å². The summed E-state index contributed by atoms with van der Waals surface area (Å²) in [6.07, 6.45) is 2.62. The first-order chi connectivity index (χ1) is 9.24. The van der Waals surface area contributed by atoms with Gasteiger partial charge in [-0.25, -0.2) is 0 Å². The molecular formula is C15H16N2O2. The molecule has 2 aromatic rings. The summed E-state index contributed by atoms with van der Waals surface area (Å²) in [6, 6.07) is 11.2. The van der Waals surface area contributed by atoms with Gasteiger partial charge in [0.25, 0.3) is 5.56 Å². The van der Waals surface area contributed by atoms with E-state index in [-0.39, 0.29) is 5.56 Å². The summed E-state index contributed by atoms with van der Waals surface area (Å²) in [5.41, 5.74) is 7.51. The quantitative estimate of drug-likeness (QED) is 0.894. The second-order valence-corrected chi connectivity index (χ2v) is 4.82. The van der Waals surface area contributed by atoms with Crippen LogP contribution in [0.5, 0.6) is 5.75 Å². The summed E-state index contributed by atoms with van der Waals surface area (Å²) >= 11 is 0. The van der Waals surface area contributed by atoms with E-state index in [1.165, 1.54) is 11.6 Å². The number of nitrogen functional groups attached to an aromatic ring is 1. The lowest BCUT2D eigenvalue weighted by molar-refractivity contribution is 0.258. The van der Waals surface area contributed by atoms with Crippen LogP contribution in [0.3, 0.4) is 0 Å². The molecule has 1 atom stereocenters. The lowest BCUT2D eigenvalue weighted by Gasteiger charge is -2.26. The molecule has 1 aliphatic rings. The molecule has 2 heterocycles. The zero-order chi connectivity index (χ0) is 13.2. The molecule has 0 amide bonds. The van der Waals surface area contributed by atoms with E-state index < -0.39 is 0 Å². The molecule has 0 aliphatic carbocycles. The normalized spacial score (nSPS) is 17.6. The molecule has 98 valence electrons. The van der Waals surface area contributed by atoms with Gasteiger partial charge in [0, 0.05) is 30.4 Å². The van der Waals surface area contributed by atoms with Gasteiger partial charge in [-0.15, -0.1) is 0 Å². The van der Waals surface area contributed by atoms with Gasteiger partial charge < -0.3 is 15.0 Å². The maximum absolute atomic E-state index is 11.8. The Morgan fingerprint density at radius 1 is 1.26 bits per heavy atom. The Balaban J connectivity index is 1.93. The number of nitrogens with zero attached hydrogens (tertiary/aromatic N) is 1. The molecule has 4 heteroatoms. The van der Waals surface area contributed by atoms with Gasteiger partial charge in [-0.3, -0.25) is 4.79 Å². The van der Waals surface area contributed by atoms with E-state index in [0.717, 1.165) is 12.2 Å². The Kier molecular flexibility index (Phi) is 2.99. The average molecular weight is 256 g/mol. The number of benzene rings is 1. The summed E-state index contributed by atoms with van der Waals surface area (Å²) in [5, 5.41) is 0. The molecule has 0 saturated heterocycles. The number of fused-ring (bicyclic) bond motifs is 1. The minimum absolute atomic E-state index is 0.0156. The third-order valence-corrected chi connectivity index (χ3v) is 3.51. The van der Waals surface area contributed by atoms with E-state index in [1.54, 1.807) is 16.8 Å². The van der Waals surface area contributed by atoms with Crippen molar-refractivity contribution in [2.45, 2.75) is 18.9 Å². The summed E-state index contributed by atoms with van der Waals surface area (Å²) in [7, 11) is 0. The minimum Gasteiger partial charge on any atom is -0.493 e. The first-order valence-corrected chi connectivity index (χ1v) is 6.42. The number of anilines is 1. The molecule has 4 nitrogen and oxygen atoms in total. The first-order valence-electron chi connectivity index (χ1n) is 6.42. The summed E-state index contributed by atoms with van der Waals surface area (Å²) < 4.78 is 7.32. The Labute approximate surface area is 111 Å². The predicted octanol–water partition coefficient (Wildman–Crippen LogP) is 2.00. The molecule has 1 unspecified atom stereocenters. The van der Waals surface area contributed by atoms with E-state index in [1.807, 2.05) is 18.2 Å². The SMILES string of the molecule is Nc1ccc(=O)n(CC2CCOc3ccccc32)c1. The van der Waals surface area contributed by atoms with Gasteiger partial charge in [0.15, 0.2) is 0 Å². The molecule has 3 rings (SSSR count). The maximum atomic E-state index is 11.8.